The summed E-state index contributed by atoms with van der Waals surface area (Å²) in [7, 11) is 0. The Morgan fingerprint density at radius 3 is 2.03 bits per heavy atom. The van der Waals surface area contributed by atoms with Crippen LogP contribution in [0.1, 0.15) is 45.5 Å². The Morgan fingerprint density at radius 1 is 0.912 bits per heavy atom. The van der Waals surface area contributed by atoms with Gasteiger partial charge in [0, 0.05) is 35.6 Å². The molecular weight excluding hydrogens is 434 g/mol. The first-order valence-corrected chi connectivity index (χ1v) is 10.9. The van der Waals surface area contributed by atoms with E-state index in [1.807, 2.05) is 0 Å². The summed E-state index contributed by atoms with van der Waals surface area (Å²) in [5, 5.41) is 22.8. The molecule has 0 heterocycles. The number of nitro benzene ring substituents is 1. The standard InChI is InChI=1S/C27H23NO6/c1-27(32)16-21(29)23(25(30)17-9-4-2-5-10-17)22(19-13-8-14-20(15-19)28(33)34)24(27)26(31)18-11-6-3-7-12-18/h2-15,22-24,32H,16H2,1H3/t22-,23+,24-,27+/m1/s1. The van der Waals surface area contributed by atoms with E-state index in [0.717, 1.165) is 0 Å². The molecule has 7 nitrogen and oxygen atoms in total. The van der Waals surface area contributed by atoms with Crippen molar-refractivity contribution in [3.63, 3.8) is 0 Å². The molecule has 3 aromatic carbocycles. The molecule has 3 aromatic rings. The molecule has 0 spiro atoms. The normalized spacial score (nSPS) is 24.4. The average molecular weight is 457 g/mol. The molecule has 7 heteroatoms. The molecule has 1 saturated carbocycles. The van der Waals surface area contributed by atoms with Crippen molar-refractivity contribution in [2.45, 2.75) is 24.9 Å². The highest BCUT2D eigenvalue weighted by Crippen LogP contribution is 2.48. The molecule has 0 bridgehead atoms. The molecule has 0 radical (unpaired) electrons. The quantitative estimate of drug-likeness (QED) is 0.254. The van der Waals surface area contributed by atoms with Crippen molar-refractivity contribution in [3.05, 3.63) is 112 Å². The summed E-state index contributed by atoms with van der Waals surface area (Å²) in [6.07, 6.45) is -0.384. The van der Waals surface area contributed by atoms with Crippen molar-refractivity contribution in [2.24, 2.45) is 11.8 Å². The van der Waals surface area contributed by atoms with Crippen LogP contribution in [0.5, 0.6) is 0 Å². The summed E-state index contributed by atoms with van der Waals surface area (Å²) >= 11 is 0. The molecule has 1 aliphatic carbocycles. The zero-order valence-corrected chi connectivity index (χ0v) is 18.5. The second-order valence-corrected chi connectivity index (χ2v) is 8.79. The van der Waals surface area contributed by atoms with E-state index < -0.39 is 45.6 Å². The van der Waals surface area contributed by atoms with E-state index in [1.54, 1.807) is 66.7 Å². The van der Waals surface area contributed by atoms with Gasteiger partial charge < -0.3 is 5.11 Å². The van der Waals surface area contributed by atoms with Gasteiger partial charge in [-0.15, -0.1) is 0 Å². The third-order valence-corrected chi connectivity index (χ3v) is 6.41. The predicted octanol–water partition coefficient (Wildman–Crippen LogP) is 4.40. The van der Waals surface area contributed by atoms with Gasteiger partial charge in [0.05, 0.1) is 22.4 Å². The lowest BCUT2D eigenvalue weighted by molar-refractivity contribution is -0.385. The first-order valence-electron chi connectivity index (χ1n) is 10.9. The van der Waals surface area contributed by atoms with Gasteiger partial charge in [0.2, 0.25) is 0 Å². The van der Waals surface area contributed by atoms with Crippen molar-refractivity contribution in [1.82, 2.24) is 0 Å². The van der Waals surface area contributed by atoms with Crippen molar-refractivity contribution in [1.29, 1.82) is 0 Å². The van der Waals surface area contributed by atoms with Gasteiger partial charge in [0.15, 0.2) is 11.6 Å². The highest BCUT2D eigenvalue weighted by atomic mass is 16.6. The molecule has 0 unspecified atom stereocenters. The minimum absolute atomic E-state index is 0.230. The van der Waals surface area contributed by atoms with Crippen molar-refractivity contribution < 1.29 is 24.4 Å². The number of hydrogen-bond acceptors (Lipinski definition) is 6. The van der Waals surface area contributed by atoms with Crippen LogP contribution in [0.4, 0.5) is 5.69 Å². The number of carbonyl (C=O) groups is 3. The molecule has 1 aliphatic rings. The monoisotopic (exact) mass is 457 g/mol. The summed E-state index contributed by atoms with van der Waals surface area (Å²) in [6.45, 7) is 1.41. The largest absolute Gasteiger partial charge is 0.389 e. The number of hydrogen-bond donors (Lipinski definition) is 1. The maximum absolute atomic E-state index is 13.7. The zero-order chi connectivity index (χ0) is 24.5. The Hall–Kier alpha value is -3.97. The maximum Gasteiger partial charge on any atom is 0.269 e. The predicted molar refractivity (Wildman–Crippen MR) is 125 cm³/mol. The Kier molecular flexibility index (Phi) is 6.22. The third kappa shape index (κ3) is 4.30. The highest BCUT2D eigenvalue weighted by Gasteiger charge is 2.55. The van der Waals surface area contributed by atoms with Crippen LogP contribution in [-0.2, 0) is 4.79 Å². The average Bonchev–Trinajstić information content (AvgIpc) is 2.83. The van der Waals surface area contributed by atoms with Gasteiger partial charge >= 0.3 is 0 Å². The summed E-state index contributed by atoms with van der Waals surface area (Å²) in [5.74, 6) is -4.96. The van der Waals surface area contributed by atoms with Crippen LogP contribution in [0.2, 0.25) is 0 Å². The van der Waals surface area contributed by atoms with E-state index in [-0.39, 0.29) is 17.7 Å². The number of benzene rings is 3. The lowest BCUT2D eigenvalue weighted by atomic mass is 9.58. The second-order valence-electron chi connectivity index (χ2n) is 8.79. The molecular formula is C27H23NO6. The minimum atomic E-state index is -1.76. The number of nitro groups is 1. The van der Waals surface area contributed by atoms with E-state index in [1.165, 1.54) is 25.1 Å². The van der Waals surface area contributed by atoms with Gasteiger partial charge in [-0.2, -0.15) is 0 Å². The van der Waals surface area contributed by atoms with E-state index >= 15 is 0 Å². The van der Waals surface area contributed by atoms with E-state index in [9.17, 15) is 29.6 Å². The van der Waals surface area contributed by atoms with Gasteiger partial charge in [0.25, 0.3) is 5.69 Å². The number of carbonyl (C=O) groups excluding carboxylic acids is 3. The molecule has 172 valence electrons. The molecule has 0 aliphatic heterocycles. The van der Waals surface area contributed by atoms with Crippen LogP contribution in [0.25, 0.3) is 0 Å². The lowest BCUT2D eigenvalue weighted by Crippen LogP contribution is -2.54. The third-order valence-electron chi connectivity index (χ3n) is 6.41. The molecule has 1 fully saturated rings. The van der Waals surface area contributed by atoms with Crippen molar-refractivity contribution in [3.8, 4) is 0 Å². The zero-order valence-electron chi connectivity index (χ0n) is 18.5. The van der Waals surface area contributed by atoms with Crippen LogP contribution in [-0.4, -0.2) is 33.0 Å². The van der Waals surface area contributed by atoms with Gasteiger partial charge in [0.1, 0.15) is 5.78 Å². The van der Waals surface area contributed by atoms with Gasteiger partial charge in [-0.1, -0.05) is 72.8 Å². The lowest BCUT2D eigenvalue weighted by Gasteiger charge is -2.44. The van der Waals surface area contributed by atoms with E-state index in [0.29, 0.717) is 11.1 Å². The van der Waals surface area contributed by atoms with Gasteiger partial charge in [-0.25, -0.2) is 0 Å². The van der Waals surface area contributed by atoms with E-state index in [4.69, 9.17) is 0 Å². The fraction of sp³-hybridized carbons (Fsp3) is 0.222. The van der Waals surface area contributed by atoms with Crippen LogP contribution in [0.15, 0.2) is 84.9 Å². The van der Waals surface area contributed by atoms with E-state index in [2.05, 4.69) is 0 Å². The molecule has 0 aromatic heterocycles. The summed E-state index contributed by atoms with van der Waals surface area (Å²) in [6, 6.07) is 22.2. The fourth-order valence-electron chi connectivity index (χ4n) is 4.90. The fourth-order valence-corrected chi connectivity index (χ4v) is 4.90. The molecule has 0 amide bonds. The number of Topliss-reactive ketones (excluding diaryl/α,β-unsaturated/α-hetero) is 3. The molecule has 1 N–H and O–H groups in total. The topological polar surface area (TPSA) is 115 Å². The summed E-state index contributed by atoms with van der Waals surface area (Å²) in [4.78, 5) is 51.5. The molecule has 4 rings (SSSR count). The molecule has 0 saturated heterocycles. The SMILES string of the molecule is C[C@]1(O)CC(=O)[C@H](C(=O)c2ccccc2)[C@@H](c2cccc([N+](=O)[O-])c2)[C@@H]1C(=O)c1ccccc1. The Bertz CT molecular complexity index is 1250. The number of ketones is 3. The minimum Gasteiger partial charge on any atom is -0.389 e. The maximum atomic E-state index is 13.7. The van der Waals surface area contributed by atoms with Crippen LogP contribution in [0, 0.1) is 22.0 Å². The first-order chi connectivity index (χ1) is 16.2. The number of rotatable bonds is 6. The van der Waals surface area contributed by atoms with Crippen LogP contribution < -0.4 is 0 Å². The second kappa shape index (κ2) is 9.11. The summed E-state index contributed by atoms with van der Waals surface area (Å²) in [5.41, 5.74) is -1.09. The Balaban J connectivity index is 1.92. The smallest absolute Gasteiger partial charge is 0.269 e. The Morgan fingerprint density at radius 2 is 1.47 bits per heavy atom. The molecule has 4 atom stereocenters. The number of aliphatic hydroxyl groups is 1. The highest BCUT2D eigenvalue weighted by molar-refractivity contribution is 6.13. The molecule has 34 heavy (non-hydrogen) atoms. The first kappa shape index (κ1) is 23.2. The van der Waals surface area contributed by atoms with Gasteiger partial charge in [-0.05, 0) is 12.5 Å². The number of non-ortho nitro benzene ring substituents is 1. The number of nitrogens with zero attached hydrogens (tertiary/aromatic N) is 1. The van der Waals surface area contributed by atoms with Crippen molar-refractivity contribution in [2.75, 3.05) is 0 Å². The van der Waals surface area contributed by atoms with Gasteiger partial charge in [-0.3, -0.25) is 24.5 Å². The Labute approximate surface area is 196 Å². The summed E-state index contributed by atoms with van der Waals surface area (Å²) < 4.78 is 0. The van der Waals surface area contributed by atoms with Crippen LogP contribution >= 0.6 is 0 Å². The van der Waals surface area contributed by atoms with Crippen LogP contribution in [0.3, 0.4) is 0 Å². The van der Waals surface area contributed by atoms with Crippen molar-refractivity contribution >= 4 is 23.0 Å².